The molecule has 33 heavy (non-hydrogen) atoms. The number of carbonyl (C=O) groups excluding carboxylic acids is 1. The molecule has 3 aromatic rings. The molecule has 174 valence electrons. The Balaban J connectivity index is 1.43. The number of amides is 1. The average Bonchev–Trinajstić information content (AvgIpc) is 3.06. The molecule has 1 amide bonds. The number of aromatic nitrogens is 2. The minimum atomic E-state index is -0.286. The maximum absolute atomic E-state index is 13.5. The maximum Gasteiger partial charge on any atom is 0.222 e. The van der Waals surface area contributed by atoms with Crippen LogP contribution in [-0.4, -0.2) is 51.7 Å². The molecule has 0 unspecified atom stereocenters. The van der Waals surface area contributed by atoms with Crippen LogP contribution in [0, 0.1) is 25.5 Å². The van der Waals surface area contributed by atoms with Gasteiger partial charge in [0.1, 0.15) is 11.6 Å². The van der Waals surface area contributed by atoms with Crippen molar-refractivity contribution in [1.82, 2.24) is 19.6 Å². The standard InChI is InChI=1S/C26H30F2N4O/c1-18-24(19(2)30(3)29-18)12-13-25(33)31-14-16-32(17-15-31)26(20-4-8-22(27)9-5-20)21-6-10-23(28)11-7-21/h4-11,26H,12-17H2,1-3H3. The summed E-state index contributed by atoms with van der Waals surface area (Å²) in [5.41, 5.74) is 5.13. The molecule has 2 aromatic carbocycles. The van der Waals surface area contributed by atoms with E-state index in [-0.39, 0.29) is 23.6 Å². The van der Waals surface area contributed by atoms with Gasteiger partial charge in [-0.05, 0) is 61.2 Å². The van der Waals surface area contributed by atoms with Crippen LogP contribution < -0.4 is 0 Å². The topological polar surface area (TPSA) is 41.4 Å². The molecular weight excluding hydrogens is 422 g/mol. The fraction of sp³-hybridized carbons (Fsp3) is 0.385. The number of hydrogen-bond acceptors (Lipinski definition) is 3. The van der Waals surface area contributed by atoms with Crippen molar-refractivity contribution in [2.45, 2.75) is 32.7 Å². The molecule has 1 aliphatic heterocycles. The molecule has 0 radical (unpaired) electrons. The van der Waals surface area contributed by atoms with Crippen molar-refractivity contribution in [3.63, 3.8) is 0 Å². The summed E-state index contributed by atoms with van der Waals surface area (Å²) < 4.78 is 28.9. The van der Waals surface area contributed by atoms with Crippen molar-refractivity contribution in [1.29, 1.82) is 0 Å². The number of halogens is 2. The third kappa shape index (κ3) is 5.14. The lowest BCUT2D eigenvalue weighted by Crippen LogP contribution is -2.49. The summed E-state index contributed by atoms with van der Waals surface area (Å²) in [5, 5.41) is 4.44. The van der Waals surface area contributed by atoms with E-state index in [1.807, 2.05) is 30.5 Å². The Morgan fingerprint density at radius 3 is 1.88 bits per heavy atom. The van der Waals surface area contributed by atoms with Gasteiger partial charge in [0.15, 0.2) is 0 Å². The summed E-state index contributed by atoms with van der Waals surface area (Å²) in [5.74, 6) is -0.422. The lowest BCUT2D eigenvalue weighted by molar-refractivity contribution is -0.133. The van der Waals surface area contributed by atoms with E-state index in [0.29, 0.717) is 39.0 Å². The predicted octanol–water partition coefficient (Wildman–Crippen LogP) is 4.18. The van der Waals surface area contributed by atoms with Crippen LogP contribution in [0.5, 0.6) is 0 Å². The molecule has 4 rings (SSSR count). The summed E-state index contributed by atoms with van der Waals surface area (Å²) in [7, 11) is 1.92. The van der Waals surface area contributed by atoms with E-state index in [0.717, 1.165) is 28.1 Å². The fourth-order valence-corrected chi connectivity index (χ4v) is 4.70. The first-order valence-corrected chi connectivity index (χ1v) is 11.4. The van der Waals surface area contributed by atoms with Crippen molar-refractivity contribution in [2.75, 3.05) is 26.2 Å². The smallest absolute Gasteiger partial charge is 0.222 e. The summed E-state index contributed by atoms with van der Waals surface area (Å²) in [6.07, 6.45) is 1.16. The first kappa shape index (κ1) is 23.1. The number of piperazine rings is 1. The molecule has 0 saturated carbocycles. The molecule has 0 spiro atoms. The Bertz CT molecular complexity index is 1060. The molecule has 1 aromatic heterocycles. The van der Waals surface area contributed by atoms with Gasteiger partial charge in [0.05, 0.1) is 11.7 Å². The first-order valence-electron chi connectivity index (χ1n) is 11.4. The second kappa shape index (κ2) is 9.83. The van der Waals surface area contributed by atoms with Crippen LogP contribution >= 0.6 is 0 Å². The molecule has 0 N–H and O–H groups in total. The van der Waals surface area contributed by atoms with Gasteiger partial charge < -0.3 is 4.90 Å². The highest BCUT2D eigenvalue weighted by atomic mass is 19.1. The Morgan fingerprint density at radius 1 is 0.909 bits per heavy atom. The SMILES string of the molecule is Cc1nn(C)c(C)c1CCC(=O)N1CCN(C(c2ccc(F)cc2)c2ccc(F)cc2)CC1. The number of rotatable bonds is 6. The summed E-state index contributed by atoms with van der Waals surface area (Å²) in [4.78, 5) is 17.1. The highest BCUT2D eigenvalue weighted by Gasteiger charge is 2.28. The zero-order valence-corrected chi connectivity index (χ0v) is 19.4. The van der Waals surface area contributed by atoms with Crippen LogP contribution in [0.4, 0.5) is 8.78 Å². The minimum absolute atomic E-state index is 0.121. The molecule has 5 nitrogen and oxygen atoms in total. The largest absolute Gasteiger partial charge is 0.340 e. The van der Waals surface area contributed by atoms with E-state index in [2.05, 4.69) is 10.00 Å². The number of carbonyl (C=O) groups is 1. The number of benzene rings is 2. The van der Waals surface area contributed by atoms with Crippen LogP contribution in [0.3, 0.4) is 0 Å². The average molecular weight is 453 g/mol. The van der Waals surface area contributed by atoms with Gasteiger partial charge in [-0.15, -0.1) is 0 Å². The maximum atomic E-state index is 13.5. The minimum Gasteiger partial charge on any atom is -0.340 e. The normalized spacial score (nSPS) is 14.8. The van der Waals surface area contributed by atoms with Crippen LogP contribution in [0.1, 0.15) is 40.5 Å². The van der Waals surface area contributed by atoms with Gasteiger partial charge in [0.2, 0.25) is 5.91 Å². The van der Waals surface area contributed by atoms with Crippen molar-refractivity contribution in [3.8, 4) is 0 Å². The fourth-order valence-electron chi connectivity index (χ4n) is 4.70. The number of aryl methyl sites for hydroxylation is 2. The van der Waals surface area contributed by atoms with Crippen LogP contribution in [0.15, 0.2) is 48.5 Å². The quantitative estimate of drug-likeness (QED) is 0.564. The van der Waals surface area contributed by atoms with E-state index >= 15 is 0 Å². The number of hydrogen-bond donors (Lipinski definition) is 0. The molecule has 0 bridgehead atoms. The molecule has 1 aliphatic rings. The Labute approximate surface area is 193 Å². The Morgan fingerprint density at radius 2 is 1.42 bits per heavy atom. The van der Waals surface area contributed by atoms with Gasteiger partial charge in [0.25, 0.3) is 0 Å². The summed E-state index contributed by atoms with van der Waals surface area (Å²) in [6, 6.07) is 12.8. The monoisotopic (exact) mass is 452 g/mol. The Hall–Kier alpha value is -3.06. The molecule has 2 heterocycles. The van der Waals surface area contributed by atoms with Gasteiger partial charge in [-0.25, -0.2) is 8.78 Å². The third-order valence-electron chi connectivity index (χ3n) is 6.65. The predicted molar refractivity (Wildman–Crippen MR) is 124 cm³/mol. The molecule has 0 atom stereocenters. The number of nitrogens with zero attached hydrogens (tertiary/aromatic N) is 4. The lowest BCUT2D eigenvalue weighted by atomic mass is 9.96. The van der Waals surface area contributed by atoms with Gasteiger partial charge in [-0.2, -0.15) is 5.10 Å². The zero-order valence-electron chi connectivity index (χ0n) is 19.4. The van der Waals surface area contributed by atoms with Gasteiger partial charge in [-0.1, -0.05) is 24.3 Å². The summed E-state index contributed by atoms with van der Waals surface area (Å²) >= 11 is 0. The lowest BCUT2D eigenvalue weighted by Gasteiger charge is -2.40. The Kier molecular flexibility index (Phi) is 6.88. The third-order valence-corrected chi connectivity index (χ3v) is 6.65. The van der Waals surface area contributed by atoms with Crippen molar-refractivity contribution in [3.05, 3.63) is 88.2 Å². The van der Waals surface area contributed by atoms with E-state index < -0.39 is 0 Å². The van der Waals surface area contributed by atoms with Crippen molar-refractivity contribution in [2.24, 2.45) is 7.05 Å². The van der Waals surface area contributed by atoms with Gasteiger partial charge in [0, 0.05) is 45.3 Å². The van der Waals surface area contributed by atoms with Gasteiger partial charge >= 0.3 is 0 Å². The second-order valence-corrected chi connectivity index (χ2v) is 8.70. The molecule has 0 aliphatic carbocycles. The van der Waals surface area contributed by atoms with Crippen LogP contribution in [-0.2, 0) is 18.3 Å². The molecule has 7 heteroatoms. The highest BCUT2D eigenvalue weighted by molar-refractivity contribution is 5.76. The second-order valence-electron chi connectivity index (χ2n) is 8.70. The molecule has 1 fully saturated rings. The van der Waals surface area contributed by atoms with E-state index in [4.69, 9.17) is 0 Å². The molecular formula is C26H30F2N4O. The van der Waals surface area contributed by atoms with E-state index in [9.17, 15) is 13.6 Å². The van der Waals surface area contributed by atoms with E-state index in [1.54, 1.807) is 24.3 Å². The molecule has 1 saturated heterocycles. The van der Waals surface area contributed by atoms with Gasteiger partial charge in [-0.3, -0.25) is 14.4 Å². The van der Waals surface area contributed by atoms with Crippen LogP contribution in [0.25, 0.3) is 0 Å². The highest BCUT2D eigenvalue weighted by Crippen LogP contribution is 2.30. The summed E-state index contributed by atoms with van der Waals surface area (Å²) in [6.45, 7) is 6.65. The first-order chi connectivity index (χ1) is 15.8. The van der Waals surface area contributed by atoms with E-state index in [1.165, 1.54) is 24.3 Å². The zero-order chi connectivity index (χ0) is 23.5. The van der Waals surface area contributed by atoms with Crippen molar-refractivity contribution >= 4 is 5.91 Å². The van der Waals surface area contributed by atoms with Crippen LogP contribution in [0.2, 0.25) is 0 Å². The van der Waals surface area contributed by atoms with Crippen molar-refractivity contribution < 1.29 is 13.6 Å².